The van der Waals surface area contributed by atoms with Crippen LogP contribution in [0.2, 0.25) is 0 Å². The summed E-state index contributed by atoms with van der Waals surface area (Å²) in [4.78, 5) is 14.7. The third kappa shape index (κ3) is 4.06. The van der Waals surface area contributed by atoms with E-state index in [9.17, 15) is 18.0 Å². The molecule has 0 spiro atoms. The van der Waals surface area contributed by atoms with E-state index in [1.54, 1.807) is 17.1 Å². The molecular formula is C25H23F3N4O2. The predicted octanol–water partition coefficient (Wildman–Crippen LogP) is 5.48. The molecule has 6 nitrogen and oxygen atoms in total. The molecule has 0 aliphatic carbocycles. The summed E-state index contributed by atoms with van der Waals surface area (Å²) >= 11 is 0. The molecular weight excluding hydrogens is 445 g/mol. The van der Waals surface area contributed by atoms with E-state index in [1.807, 2.05) is 31.2 Å². The maximum Gasteiger partial charge on any atom is 0.417 e. The molecule has 1 aromatic carbocycles. The van der Waals surface area contributed by atoms with Crippen molar-refractivity contribution in [1.29, 1.82) is 0 Å². The number of fused-ring (bicyclic) bond motifs is 2. The van der Waals surface area contributed by atoms with Gasteiger partial charge in [0.15, 0.2) is 5.65 Å². The van der Waals surface area contributed by atoms with Crippen molar-refractivity contribution >= 4 is 28.6 Å². The zero-order valence-corrected chi connectivity index (χ0v) is 18.5. The summed E-state index contributed by atoms with van der Waals surface area (Å²) in [6.07, 6.45) is 2.06. The number of furan rings is 1. The average molecular weight is 468 g/mol. The Morgan fingerprint density at radius 3 is 2.82 bits per heavy atom. The SMILES string of the molecule is CCc1oc2ccccc2c1/C=C/C(=O)N1CCCC(c2nnc3ccc(C(F)(F)F)cn23)C1. The lowest BCUT2D eigenvalue weighted by Crippen LogP contribution is -2.38. The third-order valence-corrected chi connectivity index (χ3v) is 6.28. The Balaban J connectivity index is 1.38. The lowest BCUT2D eigenvalue weighted by atomic mass is 9.97. The molecule has 0 radical (unpaired) electrons. The van der Waals surface area contributed by atoms with Crippen molar-refractivity contribution in [1.82, 2.24) is 19.5 Å². The monoisotopic (exact) mass is 468 g/mol. The van der Waals surface area contributed by atoms with Gasteiger partial charge >= 0.3 is 6.18 Å². The lowest BCUT2D eigenvalue weighted by Gasteiger charge is -2.31. The summed E-state index contributed by atoms with van der Waals surface area (Å²) in [6.45, 7) is 2.95. The first kappa shape index (κ1) is 22.2. The summed E-state index contributed by atoms with van der Waals surface area (Å²) in [5.41, 5.74) is 1.27. The number of nitrogens with zero attached hydrogens (tertiary/aromatic N) is 4. The number of likely N-dealkylation sites (tertiary alicyclic amines) is 1. The van der Waals surface area contributed by atoms with Gasteiger partial charge in [0, 0.05) is 48.7 Å². The van der Waals surface area contributed by atoms with Crippen LogP contribution in [0.15, 0.2) is 53.1 Å². The van der Waals surface area contributed by atoms with Crippen LogP contribution in [0, 0.1) is 0 Å². The van der Waals surface area contributed by atoms with Gasteiger partial charge < -0.3 is 9.32 Å². The minimum absolute atomic E-state index is 0.151. The van der Waals surface area contributed by atoms with E-state index >= 15 is 0 Å². The van der Waals surface area contributed by atoms with Gasteiger partial charge in [-0.25, -0.2) is 0 Å². The Bertz CT molecular complexity index is 1390. The van der Waals surface area contributed by atoms with Crippen LogP contribution in [0.5, 0.6) is 0 Å². The molecule has 9 heteroatoms. The maximum atomic E-state index is 13.2. The number of hydrogen-bond donors (Lipinski definition) is 0. The molecule has 1 aliphatic heterocycles. The highest BCUT2D eigenvalue weighted by molar-refractivity contribution is 5.96. The van der Waals surface area contributed by atoms with E-state index in [-0.39, 0.29) is 11.8 Å². The quantitative estimate of drug-likeness (QED) is 0.372. The number of aryl methyl sites for hydroxylation is 1. The summed E-state index contributed by atoms with van der Waals surface area (Å²) < 4.78 is 46.9. The van der Waals surface area contributed by atoms with Crippen LogP contribution in [0.3, 0.4) is 0 Å². The van der Waals surface area contributed by atoms with Crippen LogP contribution in [-0.4, -0.2) is 38.5 Å². The molecule has 1 unspecified atom stereocenters. The van der Waals surface area contributed by atoms with Crippen LogP contribution in [0.4, 0.5) is 13.2 Å². The highest BCUT2D eigenvalue weighted by Crippen LogP contribution is 2.32. The van der Waals surface area contributed by atoms with Crippen LogP contribution >= 0.6 is 0 Å². The van der Waals surface area contributed by atoms with Gasteiger partial charge in [0.2, 0.25) is 5.91 Å². The van der Waals surface area contributed by atoms with Crippen molar-refractivity contribution < 1.29 is 22.4 Å². The molecule has 0 bridgehead atoms. The van der Waals surface area contributed by atoms with Gasteiger partial charge in [-0.05, 0) is 37.1 Å². The smallest absolute Gasteiger partial charge is 0.417 e. The highest BCUT2D eigenvalue weighted by Gasteiger charge is 2.32. The molecule has 0 saturated carbocycles. The van der Waals surface area contributed by atoms with Crippen LogP contribution < -0.4 is 0 Å². The Morgan fingerprint density at radius 1 is 1.21 bits per heavy atom. The fraction of sp³-hybridized carbons (Fsp3) is 0.320. The van der Waals surface area contributed by atoms with E-state index in [0.29, 0.717) is 31.0 Å². The molecule has 3 aromatic heterocycles. The first-order valence-corrected chi connectivity index (χ1v) is 11.2. The van der Waals surface area contributed by atoms with Crippen molar-refractivity contribution in [2.45, 2.75) is 38.3 Å². The van der Waals surface area contributed by atoms with Crippen molar-refractivity contribution in [2.24, 2.45) is 0 Å². The number of benzene rings is 1. The third-order valence-electron chi connectivity index (χ3n) is 6.28. The normalized spacial score (nSPS) is 17.3. The van der Waals surface area contributed by atoms with Crippen LogP contribution in [-0.2, 0) is 17.4 Å². The Labute approximate surface area is 193 Å². The molecule has 176 valence electrons. The molecule has 4 heterocycles. The predicted molar refractivity (Wildman–Crippen MR) is 121 cm³/mol. The molecule has 0 N–H and O–H groups in total. The fourth-order valence-electron chi connectivity index (χ4n) is 4.56. The topological polar surface area (TPSA) is 63.6 Å². The van der Waals surface area contributed by atoms with Gasteiger partial charge in [0.1, 0.15) is 17.2 Å². The van der Waals surface area contributed by atoms with Crippen molar-refractivity contribution in [2.75, 3.05) is 13.1 Å². The molecule has 5 rings (SSSR count). The lowest BCUT2D eigenvalue weighted by molar-refractivity contribution is -0.137. The zero-order chi connectivity index (χ0) is 23.9. The number of carbonyl (C=O) groups excluding carboxylic acids is 1. The van der Waals surface area contributed by atoms with Gasteiger partial charge in [-0.15, -0.1) is 10.2 Å². The molecule has 1 atom stereocenters. The first-order chi connectivity index (χ1) is 16.3. The summed E-state index contributed by atoms with van der Waals surface area (Å²) in [7, 11) is 0. The Hall–Kier alpha value is -3.62. The highest BCUT2D eigenvalue weighted by atomic mass is 19.4. The number of para-hydroxylation sites is 1. The van der Waals surface area contributed by atoms with Gasteiger partial charge in [0.25, 0.3) is 0 Å². The van der Waals surface area contributed by atoms with E-state index in [0.717, 1.165) is 47.4 Å². The number of rotatable bonds is 4. The van der Waals surface area contributed by atoms with Gasteiger partial charge in [-0.3, -0.25) is 9.20 Å². The number of aromatic nitrogens is 3. The van der Waals surface area contributed by atoms with E-state index in [2.05, 4.69) is 10.2 Å². The second-order valence-electron chi connectivity index (χ2n) is 8.45. The second-order valence-corrected chi connectivity index (χ2v) is 8.45. The van der Waals surface area contributed by atoms with Crippen molar-refractivity contribution in [3.8, 4) is 0 Å². The van der Waals surface area contributed by atoms with Crippen LogP contribution in [0.1, 0.15) is 48.4 Å². The standard InChI is InChI=1S/C25H23F3N4O2/c1-2-20-19(18-7-3-4-8-21(18)34-20)10-12-23(33)31-13-5-6-16(14-31)24-30-29-22-11-9-17(15-32(22)24)25(26,27)28/h3-4,7-12,15-16H,2,5-6,13-14H2,1H3/b12-10+. The Kier molecular flexibility index (Phi) is 5.63. The number of halogens is 3. The number of alkyl halides is 3. The minimum Gasteiger partial charge on any atom is -0.460 e. The largest absolute Gasteiger partial charge is 0.460 e. The van der Waals surface area contributed by atoms with Crippen LogP contribution in [0.25, 0.3) is 22.7 Å². The fourth-order valence-corrected chi connectivity index (χ4v) is 4.56. The molecule has 4 aromatic rings. The summed E-state index contributed by atoms with van der Waals surface area (Å²) in [5.74, 6) is 0.904. The number of hydrogen-bond acceptors (Lipinski definition) is 4. The number of pyridine rings is 1. The number of amides is 1. The van der Waals surface area contributed by atoms with E-state index < -0.39 is 11.7 Å². The first-order valence-electron chi connectivity index (χ1n) is 11.2. The van der Waals surface area contributed by atoms with Crippen molar-refractivity contribution in [3.63, 3.8) is 0 Å². The number of carbonyl (C=O) groups is 1. The summed E-state index contributed by atoms with van der Waals surface area (Å²) in [5, 5.41) is 9.13. The van der Waals surface area contributed by atoms with E-state index in [4.69, 9.17) is 4.42 Å². The Morgan fingerprint density at radius 2 is 2.03 bits per heavy atom. The maximum absolute atomic E-state index is 13.2. The molecule has 34 heavy (non-hydrogen) atoms. The number of piperidine rings is 1. The zero-order valence-electron chi connectivity index (χ0n) is 18.5. The summed E-state index contributed by atoms with van der Waals surface area (Å²) in [6, 6.07) is 10.0. The minimum atomic E-state index is -4.45. The van der Waals surface area contributed by atoms with Gasteiger partial charge in [-0.1, -0.05) is 25.1 Å². The van der Waals surface area contributed by atoms with Crippen molar-refractivity contribution in [3.05, 3.63) is 71.4 Å². The molecule has 1 fully saturated rings. The van der Waals surface area contributed by atoms with Gasteiger partial charge in [0.05, 0.1) is 5.56 Å². The molecule has 1 aliphatic rings. The van der Waals surface area contributed by atoms with E-state index in [1.165, 1.54) is 10.5 Å². The second kappa shape index (κ2) is 8.62. The van der Waals surface area contributed by atoms with Gasteiger partial charge in [-0.2, -0.15) is 13.2 Å². The average Bonchev–Trinajstić information content (AvgIpc) is 3.42. The molecule has 1 amide bonds. The molecule has 1 saturated heterocycles.